The van der Waals surface area contributed by atoms with E-state index in [-0.39, 0.29) is 30.3 Å². The van der Waals surface area contributed by atoms with Gasteiger partial charge in [-0.2, -0.15) is 0 Å². The van der Waals surface area contributed by atoms with Crippen LogP contribution in [0.15, 0.2) is 48.5 Å². The van der Waals surface area contributed by atoms with Gasteiger partial charge in [-0.25, -0.2) is 0 Å². The lowest BCUT2D eigenvalue weighted by molar-refractivity contribution is -0.120. The maximum absolute atomic E-state index is 12.8. The summed E-state index contributed by atoms with van der Waals surface area (Å²) in [7, 11) is 0. The first-order valence-electron chi connectivity index (χ1n) is 8.84. The van der Waals surface area contributed by atoms with Crippen LogP contribution in [0.3, 0.4) is 0 Å². The minimum Gasteiger partial charge on any atom is -0.378 e. The summed E-state index contributed by atoms with van der Waals surface area (Å²) >= 11 is 0. The van der Waals surface area contributed by atoms with Crippen molar-refractivity contribution in [1.29, 1.82) is 0 Å². The van der Waals surface area contributed by atoms with Crippen LogP contribution in [-0.2, 0) is 16.0 Å². The fourth-order valence-electron chi connectivity index (χ4n) is 3.36. The maximum atomic E-state index is 12.8. The lowest BCUT2D eigenvalue weighted by Gasteiger charge is -2.23. The van der Waals surface area contributed by atoms with Crippen LogP contribution in [0.5, 0.6) is 0 Å². The Morgan fingerprint density at radius 1 is 1.11 bits per heavy atom. The van der Waals surface area contributed by atoms with E-state index in [0.717, 1.165) is 12.1 Å². The molecular formula is C20H22ClN3O3. The number of hydrogen-bond donors (Lipinski definition) is 2. The molecule has 4 rings (SSSR count). The molecule has 0 aliphatic carbocycles. The number of morpholine rings is 1. The van der Waals surface area contributed by atoms with Crippen molar-refractivity contribution in [2.75, 3.05) is 36.5 Å². The predicted octanol–water partition coefficient (Wildman–Crippen LogP) is 2.24. The monoisotopic (exact) mass is 387 g/mol. The van der Waals surface area contributed by atoms with Gasteiger partial charge < -0.3 is 20.3 Å². The molecule has 2 amide bonds. The Bertz CT molecular complexity index is 819. The van der Waals surface area contributed by atoms with Crippen LogP contribution >= 0.6 is 12.4 Å². The molecule has 2 aromatic carbocycles. The second kappa shape index (κ2) is 8.52. The van der Waals surface area contributed by atoms with E-state index in [1.165, 1.54) is 5.56 Å². The standard InChI is InChI=1S/C20H21N3O3.ClH/c24-19(17-13-26-12-10-21-17)22-16-7-5-15(6-8-16)20(25)23-11-9-14-3-1-2-4-18(14)23;/h1-8,17,21H,9-13H2,(H,22,24);1H. The second-order valence-electron chi connectivity index (χ2n) is 6.48. The molecule has 0 spiro atoms. The Balaban J connectivity index is 0.00000210. The summed E-state index contributed by atoms with van der Waals surface area (Å²) in [6.07, 6.45) is 0.881. The van der Waals surface area contributed by atoms with Gasteiger partial charge in [-0.1, -0.05) is 18.2 Å². The normalized spacial score (nSPS) is 18.4. The molecule has 27 heavy (non-hydrogen) atoms. The van der Waals surface area contributed by atoms with Crippen molar-refractivity contribution in [3.05, 3.63) is 59.7 Å². The number of fused-ring (bicyclic) bond motifs is 1. The Hall–Kier alpha value is -2.41. The molecule has 0 radical (unpaired) electrons. The third-order valence-electron chi connectivity index (χ3n) is 4.77. The van der Waals surface area contributed by atoms with Crippen LogP contribution in [0.2, 0.25) is 0 Å². The van der Waals surface area contributed by atoms with Crippen LogP contribution in [0, 0.1) is 0 Å². The first-order valence-corrected chi connectivity index (χ1v) is 8.84. The highest BCUT2D eigenvalue weighted by molar-refractivity contribution is 6.07. The zero-order valence-electron chi connectivity index (χ0n) is 14.8. The number of ether oxygens (including phenoxy) is 1. The van der Waals surface area contributed by atoms with E-state index in [1.807, 2.05) is 23.1 Å². The fraction of sp³-hybridized carbons (Fsp3) is 0.300. The Kier molecular flexibility index (Phi) is 6.11. The number of carbonyl (C=O) groups is 2. The maximum Gasteiger partial charge on any atom is 0.258 e. The van der Waals surface area contributed by atoms with Gasteiger partial charge >= 0.3 is 0 Å². The topological polar surface area (TPSA) is 70.7 Å². The van der Waals surface area contributed by atoms with Gasteiger partial charge in [-0.05, 0) is 42.3 Å². The number of hydrogen-bond acceptors (Lipinski definition) is 4. The predicted molar refractivity (Wildman–Crippen MR) is 107 cm³/mol. The van der Waals surface area contributed by atoms with Crippen molar-refractivity contribution in [1.82, 2.24) is 5.32 Å². The van der Waals surface area contributed by atoms with Crippen LogP contribution in [0.1, 0.15) is 15.9 Å². The molecule has 2 N–H and O–H groups in total. The third-order valence-corrected chi connectivity index (χ3v) is 4.77. The zero-order valence-corrected chi connectivity index (χ0v) is 15.6. The smallest absolute Gasteiger partial charge is 0.258 e. The van der Waals surface area contributed by atoms with Crippen LogP contribution in [-0.4, -0.2) is 44.2 Å². The summed E-state index contributed by atoms with van der Waals surface area (Å²) in [6, 6.07) is 14.7. The SMILES string of the molecule is Cl.O=C(Nc1ccc(C(=O)N2CCc3ccccc32)cc1)C1COCCN1. The van der Waals surface area contributed by atoms with E-state index in [2.05, 4.69) is 16.7 Å². The number of para-hydroxylation sites is 1. The quantitative estimate of drug-likeness (QED) is 0.847. The molecule has 0 bridgehead atoms. The number of anilines is 2. The summed E-state index contributed by atoms with van der Waals surface area (Å²) in [5.41, 5.74) is 3.46. The van der Waals surface area contributed by atoms with Crippen molar-refractivity contribution in [3.63, 3.8) is 0 Å². The van der Waals surface area contributed by atoms with Gasteiger partial charge in [0.05, 0.1) is 13.2 Å². The molecule has 1 fully saturated rings. The van der Waals surface area contributed by atoms with Crippen molar-refractivity contribution in [2.24, 2.45) is 0 Å². The first-order chi connectivity index (χ1) is 12.7. The molecule has 142 valence electrons. The van der Waals surface area contributed by atoms with Gasteiger partial charge in [0.25, 0.3) is 5.91 Å². The van der Waals surface area contributed by atoms with Crippen LogP contribution < -0.4 is 15.5 Å². The van der Waals surface area contributed by atoms with Crippen molar-refractivity contribution in [2.45, 2.75) is 12.5 Å². The number of amides is 2. The summed E-state index contributed by atoms with van der Waals surface area (Å²) in [4.78, 5) is 26.8. The van der Waals surface area contributed by atoms with Crippen molar-refractivity contribution < 1.29 is 14.3 Å². The minimum atomic E-state index is -0.342. The molecule has 2 aromatic rings. The Morgan fingerprint density at radius 2 is 1.89 bits per heavy atom. The minimum absolute atomic E-state index is 0. The number of carbonyl (C=O) groups excluding carboxylic acids is 2. The summed E-state index contributed by atoms with van der Waals surface area (Å²) < 4.78 is 5.30. The molecule has 2 aliphatic rings. The van der Waals surface area contributed by atoms with Gasteiger partial charge in [-0.3, -0.25) is 9.59 Å². The Labute approximate surface area is 164 Å². The highest BCUT2D eigenvalue weighted by Crippen LogP contribution is 2.29. The number of nitrogens with zero attached hydrogens (tertiary/aromatic N) is 1. The molecule has 2 aliphatic heterocycles. The second-order valence-corrected chi connectivity index (χ2v) is 6.48. The first kappa shape index (κ1) is 19.4. The summed E-state index contributed by atoms with van der Waals surface area (Å²) in [5, 5.41) is 5.97. The molecule has 0 saturated carbocycles. The average Bonchev–Trinajstić information content (AvgIpc) is 3.13. The van der Waals surface area contributed by atoms with Crippen molar-refractivity contribution >= 4 is 35.6 Å². The molecular weight excluding hydrogens is 366 g/mol. The van der Waals surface area contributed by atoms with E-state index < -0.39 is 0 Å². The van der Waals surface area contributed by atoms with E-state index in [1.54, 1.807) is 24.3 Å². The zero-order chi connectivity index (χ0) is 17.9. The molecule has 1 atom stereocenters. The number of halogens is 1. The summed E-state index contributed by atoms with van der Waals surface area (Å²) in [6.45, 7) is 2.36. The van der Waals surface area contributed by atoms with Gasteiger partial charge in [-0.15, -0.1) is 12.4 Å². The number of nitrogens with one attached hydrogen (secondary N) is 2. The van der Waals surface area contributed by atoms with E-state index >= 15 is 0 Å². The molecule has 1 saturated heterocycles. The Morgan fingerprint density at radius 3 is 2.63 bits per heavy atom. The van der Waals surface area contributed by atoms with E-state index in [9.17, 15) is 9.59 Å². The molecule has 0 aromatic heterocycles. The van der Waals surface area contributed by atoms with Gasteiger partial charge in [0.1, 0.15) is 6.04 Å². The molecule has 7 heteroatoms. The number of rotatable bonds is 3. The van der Waals surface area contributed by atoms with Gasteiger partial charge in [0.2, 0.25) is 5.91 Å². The fourth-order valence-corrected chi connectivity index (χ4v) is 3.36. The van der Waals surface area contributed by atoms with E-state index in [4.69, 9.17) is 4.74 Å². The van der Waals surface area contributed by atoms with E-state index in [0.29, 0.717) is 37.6 Å². The third kappa shape index (κ3) is 4.13. The summed E-state index contributed by atoms with van der Waals surface area (Å²) in [5.74, 6) is -0.146. The van der Waals surface area contributed by atoms with Crippen LogP contribution in [0.25, 0.3) is 0 Å². The lowest BCUT2D eigenvalue weighted by atomic mass is 10.1. The highest BCUT2D eigenvalue weighted by atomic mass is 35.5. The lowest BCUT2D eigenvalue weighted by Crippen LogP contribution is -2.48. The largest absolute Gasteiger partial charge is 0.378 e. The molecule has 1 unspecified atom stereocenters. The number of benzene rings is 2. The van der Waals surface area contributed by atoms with Crippen LogP contribution in [0.4, 0.5) is 11.4 Å². The van der Waals surface area contributed by atoms with Gasteiger partial charge in [0.15, 0.2) is 0 Å². The van der Waals surface area contributed by atoms with Crippen molar-refractivity contribution in [3.8, 4) is 0 Å². The molecule has 2 heterocycles. The molecule has 6 nitrogen and oxygen atoms in total. The van der Waals surface area contributed by atoms with Gasteiger partial charge in [0, 0.05) is 30.0 Å². The highest BCUT2D eigenvalue weighted by Gasteiger charge is 2.25. The average molecular weight is 388 g/mol.